The summed E-state index contributed by atoms with van der Waals surface area (Å²) >= 11 is 0. The molecule has 1 heterocycles. The van der Waals surface area contributed by atoms with E-state index in [0.29, 0.717) is 18.9 Å². The van der Waals surface area contributed by atoms with E-state index in [-0.39, 0.29) is 12.0 Å². The van der Waals surface area contributed by atoms with Gasteiger partial charge in [-0.3, -0.25) is 9.69 Å². The molecule has 1 aliphatic rings. The van der Waals surface area contributed by atoms with Gasteiger partial charge in [0, 0.05) is 12.1 Å². The third-order valence-corrected chi connectivity index (χ3v) is 5.06. The van der Waals surface area contributed by atoms with E-state index < -0.39 is 23.2 Å². The molecule has 0 unspecified atom stereocenters. The van der Waals surface area contributed by atoms with Gasteiger partial charge in [0.05, 0.1) is 18.1 Å². The molecule has 0 aromatic heterocycles. The predicted molar refractivity (Wildman–Crippen MR) is 122 cm³/mol. The van der Waals surface area contributed by atoms with Crippen molar-refractivity contribution < 1.29 is 23.8 Å². The average Bonchev–Trinajstić information content (AvgIpc) is 2.67. The first-order chi connectivity index (χ1) is 15.0. The van der Waals surface area contributed by atoms with Gasteiger partial charge in [-0.2, -0.15) is 0 Å². The summed E-state index contributed by atoms with van der Waals surface area (Å²) in [6.07, 6.45) is -0.820. The van der Waals surface area contributed by atoms with Gasteiger partial charge >= 0.3 is 12.1 Å². The zero-order valence-corrected chi connectivity index (χ0v) is 19.8. The molecule has 0 radical (unpaired) electrons. The molecule has 0 aliphatic carbocycles. The van der Waals surface area contributed by atoms with Gasteiger partial charge in [0.2, 0.25) is 0 Å². The van der Waals surface area contributed by atoms with E-state index in [1.807, 2.05) is 90.1 Å². The van der Waals surface area contributed by atoms with E-state index in [1.54, 1.807) is 11.0 Å². The molecule has 172 valence electrons. The van der Waals surface area contributed by atoms with Crippen LogP contribution in [0.15, 0.2) is 54.6 Å². The van der Waals surface area contributed by atoms with Crippen LogP contribution in [0.4, 0.5) is 4.79 Å². The van der Waals surface area contributed by atoms with Gasteiger partial charge in [-0.05, 0) is 53.2 Å². The van der Waals surface area contributed by atoms with E-state index in [9.17, 15) is 9.59 Å². The van der Waals surface area contributed by atoms with Crippen LogP contribution in [-0.2, 0) is 20.8 Å². The van der Waals surface area contributed by atoms with Gasteiger partial charge in [-0.25, -0.2) is 4.79 Å². The minimum absolute atomic E-state index is 0.250. The Balaban J connectivity index is 1.88. The molecule has 1 saturated heterocycles. The van der Waals surface area contributed by atoms with Crippen LogP contribution in [0.25, 0.3) is 0 Å². The number of amides is 1. The highest BCUT2D eigenvalue weighted by molar-refractivity contribution is 5.78. The third kappa shape index (κ3) is 5.88. The Hall–Kier alpha value is -2.86. The van der Waals surface area contributed by atoms with Crippen LogP contribution in [0.2, 0.25) is 0 Å². The first-order valence-corrected chi connectivity index (χ1v) is 10.9. The summed E-state index contributed by atoms with van der Waals surface area (Å²) in [5.74, 6) is 0.125. The van der Waals surface area contributed by atoms with Gasteiger partial charge in [0.1, 0.15) is 17.5 Å². The second-order valence-electron chi connectivity index (χ2n) is 10.1. The lowest BCUT2D eigenvalue weighted by Crippen LogP contribution is -2.54. The topological polar surface area (TPSA) is 65.1 Å². The summed E-state index contributed by atoms with van der Waals surface area (Å²) in [5, 5.41) is 0. The van der Waals surface area contributed by atoms with Crippen molar-refractivity contribution in [2.24, 2.45) is 5.41 Å². The van der Waals surface area contributed by atoms with Crippen LogP contribution < -0.4 is 4.74 Å². The molecule has 6 heteroatoms. The molecule has 1 amide bonds. The van der Waals surface area contributed by atoms with E-state index >= 15 is 0 Å². The normalized spacial score (nSPS) is 18.4. The SMILES string of the molecule is CC(C)(C)OC(=O)N(Cc1ccccc1)[C@@H]1CO[C@@H]1c1ccccc1OC(=O)C(C)(C)C. The zero-order valence-electron chi connectivity index (χ0n) is 19.8. The van der Waals surface area contributed by atoms with Crippen molar-refractivity contribution in [3.05, 3.63) is 65.7 Å². The van der Waals surface area contributed by atoms with Crippen molar-refractivity contribution in [3.63, 3.8) is 0 Å². The smallest absolute Gasteiger partial charge is 0.411 e. The van der Waals surface area contributed by atoms with Crippen molar-refractivity contribution in [1.29, 1.82) is 0 Å². The van der Waals surface area contributed by atoms with Crippen molar-refractivity contribution in [2.45, 2.75) is 65.8 Å². The number of carbonyl (C=O) groups is 2. The summed E-state index contributed by atoms with van der Waals surface area (Å²) < 4.78 is 17.3. The summed E-state index contributed by atoms with van der Waals surface area (Å²) in [4.78, 5) is 27.3. The van der Waals surface area contributed by atoms with E-state index in [1.165, 1.54) is 0 Å². The second-order valence-corrected chi connectivity index (χ2v) is 10.1. The highest BCUT2D eigenvalue weighted by Crippen LogP contribution is 2.40. The molecule has 2 atom stereocenters. The van der Waals surface area contributed by atoms with Gasteiger partial charge in [-0.1, -0.05) is 48.5 Å². The van der Waals surface area contributed by atoms with E-state index in [2.05, 4.69) is 0 Å². The lowest BCUT2D eigenvalue weighted by molar-refractivity contribution is -0.145. The minimum Gasteiger partial charge on any atom is -0.444 e. The summed E-state index contributed by atoms with van der Waals surface area (Å²) in [7, 11) is 0. The Labute approximate surface area is 190 Å². The van der Waals surface area contributed by atoms with Gasteiger partial charge in [-0.15, -0.1) is 0 Å². The fourth-order valence-corrected chi connectivity index (χ4v) is 3.31. The van der Waals surface area contributed by atoms with Crippen molar-refractivity contribution >= 4 is 12.1 Å². The van der Waals surface area contributed by atoms with Crippen LogP contribution in [-0.4, -0.2) is 35.2 Å². The minimum atomic E-state index is -0.636. The molecule has 0 saturated carbocycles. The molecule has 3 rings (SSSR count). The second kappa shape index (κ2) is 9.33. The molecule has 6 nitrogen and oxygen atoms in total. The molecule has 2 aromatic rings. The van der Waals surface area contributed by atoms with Crippen molar-refractivity contribution in [2.75, 3.05) is 6.61 Å². The number of hydrogen-bond acceptors (Lipinski definition) is 5. The van der Waals surface area contributed by atoms with Crippen molar-refractivity contribution in [1.82, 2.24) is 4.90 Å². The number of hydrogen-bond donors (Lipinski definition) is 0. The predicted octanol–water partition coefficient (Wildman–Crippen LogP) is 5.52. The number of rotatable bonds is 5. The maximum atomic E-state index is 13.1. The molecule has 0 bridgehead atoms. The first kappa shape index (κ1) is 23.8. The fourth-order valence-electron chi connectivity index (χ4n) is 3.31. The molecule has 1 aliphatic heterocycles. The maximum absolute atomic E-state index is 13.1. The summed E-state index contributed by atoms with van der Waals surface area (Å²) in [6.45, 7) is 11.7. The monoisotopic (exact) mass is 439 g/mol. The lowest BCUT2D eigenvalue weighted by atomic mass is 9.94. The Kier molecular flexibility index (Phi) is 6.94. The fraction of sp³-hybridized carbons (Fsp3) is 0.462. The Bertz CT molecular complexity index is 943. The number of benzene rings is 2. The number of nitrogens with zero attached hydrogens (tertiary/aromatic N) is 1. The van der Waals surface area contributed by atoms with Crippen LogP contribution in [0.5, 0.6) is 5.75 Å². The van der Waals surface area contributed by atoms with Gasteiger partial charge in [0.25, 0.3) is 0 Å². The van der Waals surface area contributed by atoms with Crippen LogP contribution >= 0.6 is 0 Å². The van der Waals surface area contributed by atoms with E-state index in [4.69, 9.17) is 14.2 Å². The number of esters is 1. The zero-order chi connectivity index (χ0) is 23.5. The summed E-state index contributed by atoms with van der Waals surface area (Å²) in [5.41, 5.74) is 0.481. The largest absolute Gasteiger partial charge is 0.444 e. The highest BCUT2D eigenvalue weighted by Gasteiger charge is 2.43. The first-order valence-electron chi connectivity index (χ1n) is 10.9. The van der Waals surface area contributed by atoms with Crippen LogP contribution in [0.3, 0.4) is 0 Å². The van der Waals surface area contributed by atoms with Crippen LogP contribution in [0, 0.1) is 5.41 Å². The molecule has 1 fully saturated rings. The Morgan fingerprint density at radius 1 is 0.969 bits per heavy atom. The lowest BCUT2D eigenvalue weighted by Gasteiger charge is -2.44. The molecular formula is C26H33NO5. The Morgan fingerprint density at radius 2 is 1.59 bits per heavy atom. The number of carbonyl (C=O) groups excluding carboxylic acids is 2. The molecule has 32 heavy (non-hydrogen) atoms. The summed E-state index contributed by atoms with van der Waals surface area (Å²) in [6, 6.07) is 16.9. The highest BCUT2D eigenvalue weighted by atomic mass is 16.6. The third-order valence-electron chi connectivity index (χ3n) is 5.06. The van der Waals surface area contributed by atoms with Gasteiger partial charge in [0.15, 0.2) is 0 Å². The number of para-hydroxylation sites is 1. The average molecular weight is 440 g/mol. The van der Waals surface area contributed by atoms with E-state index in [0.717, 1.165) is 11.1 Å². The maximum Gasteiger partial charge on any atom is 0.411 e. The van der Waals surface area contributed by atoms with Crippen molar-refractivity contribution in [3.8, 4) is 5.75 Å². The standard InChI is InChI=1S/C26H33NO5/c1-25(2,3)23(28)31-21-15-11-10-14-19(21)22-20(17-30-22)27(24(29)32-26(4,5)6)16-18-12-8-7-9-13-18/h7-15,20,22H,16-17H2,1-6H3/t20-,22-/m1/s1. The molecule has 0 spiro atoms. The van der Waals surface area contributed by atoms with Crippen LogP contribution in [0.1, 0.15) is 58.8 Å². The molecule has 2 aromatic carbocycles. The Morgan fingerprint density at radius 3 is 2.16 bits per heavy atom. The molecular weight excluding hydrogens is 406 g/mol. The molecule has 0 N–H and O–H groups in total. The van der Waals surface area contributed by atoms with Gasteiger partial charge < -0.3 is 14.2 Å². The number of ether oxygens (including phenoxy) is 3. The quantitative estimate of drug-likeness (QED) is 0.454.